The number of nitrogens with zero attached hydrogens (tertiary/aromatic N) is 3. The van der Waals surface area contributed by atoms with Crippen molar-refractivity contribution >= 4 is 5.91 Å². The highest BCUT2D eigenvalue weighted by atomic mass is 19.2. The summed E-state index contributed by atoms with van der Waals surface area (Å²) >= 11 is 0. The number of carbonyl (C=O) groups is 1. The lowest BCUT2D eigenvalue weighted by molar-refractivity contribution is 0.0945. The molecule has 2 rings (SSSR count). The predicted molar refractivity (Wildman–Crippen MR) is 67.9 cm³/mol. The molecule has 20 heavy (non-hydrogen) atoms. The van der Waals surface area contributed by atoms with Gasteiger partial charge in [0.05, 0.1) is 11.3 Å². The standard InChI is InChI=1S/C13H14F2N4O/c1-3-10-8(7-19(2)18-10)6-17-13(20)9-4-5-16-12(15)11(9)14/h4-5,7H,3,6H2,1-2H3,(H,17,20). The molecule has 0 saturated heterocycles. The van der Waals surface area contributed by atoms with E-state index in [0.717, 1.165) is 29.9 Å². The normalized spacial score (nSPS) is 10.6. The number of aryl methyl sites for hydroxylation is 2. The van der Waals surface area contributed by atoms with Gasteiger partial charge in [-0.25, -0.2) is 9.37 Å². The van der Waals surface area contributed by atoms with Crippen molar-refractivity contribution in [1.29, 1.82) is 0 Å². The number of hydrogen-bond acceptors (Lipinski definition) is 3. The van der Waals surface area contributed by atoms with Crippen LogP contribution in [0, 0.1) is 11.8 Å². The van der Waals surface area contributed by atoms with E-state index >= 15 is 0 Å². The summed E-state index contributed by atoms with van der Waals surface area (Å²) < 4.78 is 28.0. The van der Waals surface area contributed by atoms with Crippen molar-refractivity contribution in [3.05, 3.63) is 47.0 Å². The molecule has 0 aromatic carbocycles. The fourth-order valence-electron chi connectivity index (χ4n) is 1.89. The van der Waals surface area contributed by atoms with Crippen LogP contribution in [0.3, 0.4) is 0 Å². The topological polar surface area (TPSA) is 59.8 Å². The largest absolute Gasteiger partial charge is 0.348 e. The Morgan fingerprint density at radius 1 is 1.45 bits per heavy atom. The average molecular weight is 280 g/mol. The first kappa shape index (κ1) is 14.1. The number of hydrogen-bond donors (Lipinski definition) is 1. The van der Waals surface area contributed by atoms with E-state index in [0.29, 0.717) is 0 Å². The summed E-state index contributed by atoms with van der Waals surface area (Å²) in [6.07, 6.45) is 3.56. The minimum Gasteiger partial charge on any atom is -0.348 e. The molecule has 0 fully saturated rings. The Labute approximate surface area is 114 Å². The Kier molecular flexibility index (Phi) is 4.07. The maximum Gasteiger partial charge on any atom is 0.254 e. The lowest BCUT2D eigenvalue weighted by Gasteiger charge is -2.05. The number of amides is 1. The Hall–Kier alpha value is -2.31. The summed E-state index contributed by atoms with van der Waals surface area (Å²) in [5, 5.41) is 6.78. The minimum absolute atomic E-state index is 0.208. The molecule has 1 N–H and O–H groups in total. The van der Waals surface area contributed by atoms with Gasteiger partial charge in [0.15, 0.2) is 5.82 Å². The zero-order chi connectivity index (χ0) is 14.7. The SMILES string of the molecule is CCc1nn(C)cc1CNC(=O)c1ccnc(F)c1F. The first-order chi connectivity index (χ1) is 9.52. The highest BCUT2D eigenvalue weighted by molar-refractivity contribution is 5.94. The van der Waals surface area contributed by atoms with Gasteiger partial charge in [0.25, 0.3) is 5.91 Å². The number of carbonyl (C=O) groups excluding carboxylic acids is 1. The number of pyridine rings is 1. The van der Waals surface area contributed by atoms with Crippen LogP contribution in [0.4, 0.5) is 8.78 Å². The molecule has 106 valence electrons. The van der Waals surface area contributed by atoms with Crippen LogP contribution in [-0.2, 0) is 20.0 Å². The molecule has 2 aromatic heterocycles. The fraction of sp³-hybridized carbons (Fsp3) is 0.308. The second-order valence-corrected chi connectivity index (χ2v) is 4.27. The third kappa shape index (κ3) is 2.81. The van der Waals surface area contributed by atoms with Gasteiger partial charge in [0, 0.05) is 31.5 Å². The maximum absolute atomic E-state index is 13.4. The monoisotopic (exact) mass is 280 g/mol. The summed E-state index contributed by atoms with van der Waals surface area (Å²) in [6, 6.07) is 1.14. The van der Waals surface area contributed by atoms with Gasteiger partial charge >= 0.3 is 0 Å². The van der Waals surface area contributed by atoms with Crippen molar-refractivity contribution in [1.82, 2.24) is 20.1 Å². The van der Waals surface area contributed by atoms with Gasteiger partial charge in [-0.15, -0.1) is 0 Å². The number of aromatic nitrogens is 3. The summed E-state index contributed by atoms with van der Waals surface area (Å²) in [5.74, 6) is -3.21. The van der Waals surface area contributed by atoms with Crippen molar-refractivity contribution in [2.45, 2.75) is 19.9 Å². The lowest BCUT2D eigenvalue weighted by Crippen LogP contribution is -2.24. The zero-order valence-electron chi connectivity index (χ0n) is 11.2. The van der Waals surface area contributed by atoms with Crippen LogP contribution in [0.25, 0.3) is 0 Å². The van der Waals surface area contributed by atoms with Crippen LogP contribution in [0.15, 0.2) is 18.5 Å². The number of nitrogens with one attached hydrogen (secondary N) is 1. The van der Waals surface area contributed by atoms with E-state index in [4.69, 9.17) is 0 Å². The fourth-order valence-corrected chi connectivity index (χ4v) is 1.89. The van der Waals surface area contributed by atoms with E-state index in [9.17, 15) is 13.6 Å². The molecule has 5 nitrogen and oxygen atoms in total. The first-order valence-corrected chi connectivity index (χ1v) is 6.12. The van der Waals surface area contributed by atoms with Gasteiger partial charge in [0.2, 0.25) is 5.95 Å². The Balaban J connectivity index is 2.10. The van der Waals surface area contributed by atoms with Crippen molar-refractivity contribution in [3.8, 4) is 0 Å². The molecule has 0 atom stereocenters. The molecule has 0 unspecified atom stereocenters. The van der Waals surface area contributed by atoms with Gasteiger partial charge in [-0.3, -0.25) is 9.48 Å². The van der Waals surface area contributed by atoms with Crippen LogP contribution in [0.5, 0.6) is 0 Å². The third-order valence-corrected chi connectivity index (χ3v) is 2.86. The van der Waals surface area contributed by atoms with E-state index < -0.39 is 17.7 Å². The average Bonchev–Trinajstić information content (AvgIpc) is 2.79. The first-order valence-electron chi connectivity index (χ1n) is 6.12. The third-order valence-electron chi connectivity index (χ3n) is 2.86. The Morgan fingerprint density at radius 2 is 2.20 bits per heavy atom. The van der Waals surface area contributed by atoms with E-state index in [-0.39, 0.29) is 12.1 Å². The molecule has 0 saturated carbocycles. The minimum atomic E-state index is -1.28. The van der Waals surface area contributed by atoms with E-state index in [1.54, 1.807) is 17.9 Å². The summed E-state index contributed by atoms with van der Waals surface area (Å²) in [6.45, 7) is 2.16. The molecular weight excluding hydrogens is 266 g/mol. The van der Waals surface area contributed by atoms with Gasteiger partial charge < -0.3 is 5.32 Å². The smallest absolute Gasteiger partial charge is 0.254 e. The lowest BCUT2D eigenvalue weighted by atomic mass is 10.2. The molecule has 7 heteroatoms. The molecule has 0 aliphatic rings. The van der Waals surface area contributed by atoms with Gasteiger partial charge in [-0.1, -0.05) is 6.92 Å². The maximum atomic E-state index is 13.4. The molecule has 2 heterocycles. The Bertz CT molecular complexity index is 639. The van der Waals surface area contributed by atoms with Crippen LogP contribution < -0.4 is 5.32 Å². The molecule has 1 amide bonds. The van der Waals surface area contributed by atoms with E-state index in [1.165, 1.54) is 0 Å². The Morgan fingerprint density at radius 3 is 2.90 bits per heavy atom. The molecule has 2 aromatic rings. The van der Waals surface area contributed by atoms with E-state index in [2.05, 4.69) is 15.4 Å². The molecule has 0 bridgehead atoms. The van der Waals surface area contributed by atoms with Gasteiger partial charge in [-0.2, -0.15) is 9.49 Å². The van der Waals surface area contributed by atoms with Crippen molar-refractivity contribution in [2.75, 3.05) is 0 Å². The summed E-state index contributed by atoms with van der Waals surface area (Å²) in [4.78, 5) is 15.0. The highest BCUT2D eigenvalue weighted by Gasteiger charge is 2.16. The molecular formula is C13H14F2N4O. The molecule has 0 aliphatic carbocycles. The van der Waals surface area contributed by atoms with Crippen LogP contribution in [0.1, 0.15) is 28.5 Å². The molecule has 0 radical (unpaired) electrons. The summed E-state index contributed by atoms with van der Waals surface area (Å²) in [7, 11) is 1.78. The van der Waals surface area contributed by atoms with Crippen LogP contribution in [-0.4, -0.2) is 20.7 Å². The van der Waals surface area contributed by atoms with Crippen LogP contribution >= 0.6 is 0 Å². The van der Waals surface area contributed by atoms with Crippen molar-refractivity contribution in [2.24, 2.45) is 7.05 Å². The quantitative estimate of drug-likeness (QED) is 0.865. The van der Waals surface area contributed by atoms with Gasteiger partial charge in [-0.05, 0) is 12.5 Å². The number of halogens is 2. The highest BCUT2D eigenvalue weighted by Crippen LogP contribution is 2.10. The van der Waals surface area contributed by atoms with Crippen molar-refractivity contribution < 1.29 is 13.6 Å². The second-order valence-electron chi connectivity index (χ2n) is 4.27. The molecule has 0 spiro atoms. The van der Waals surface area contributed by atoms with Gasteiger partial charge in [0.1, 0.15) is 0 Å². The van der Waals surface area contributed by atoms with Crippen LogP contribution in [0.2, 0.25) is 0 Å². The predicted octanol–water partition coefficient (Wildman–Crippen LogP) is 1.59. The second kappa shape index (κ2) is 5.77. The van der Waals surface area contributed by atoms with Crippen molar-refractivity contribution in [3.63, 3.8) is 0 Å². The summed E-state index contributed by atoms with van der Waals surface area (Å²) in [5.41, 5.74) is 1.34. The van der Waals surface area contributed by atoms with E-state index in [1.807, 2.05) is 6.92 Å². The molecule has 0 aliphatic heterocycles. The zero-order valence-corrected chi connectivity index (χ0v) is 11.2. The number of rotatable bonds is 4.